The van der Waals surface area contributed by atoms with E-state index >= 15 is 0 Å². The van der Waals surface area contributed by atoms with Gasteiger partial charge in [0.05, 0.1) is 5.56 Å². The van der Waals surface area contributed by atoms with E-state index in [2.05, 4.69) is 41.4 Å². The molecule has 2 bridgehead atoms. The summed E-state index contributed by atoms with van der Waals surface area (Å²) in [7, 11) is 0. The van der Waals surface area contributed by atoms with Gasteiger partial charge in [0.15, 0.2) is 11.3 Å². The minimum absolute atomic E-state index is 0.148. The Morgan fingerprint density at radius 2 is 1.93 bits per heavy atom. The second-order valence-electron chi connectivity index (χ2n) is 11.1. The number of aromatic nitrogens is 5. The average Bonchev–Trinajstić information content (AvgIpc) is 3.77. The van der Waals surface area contributed by atoms with E-state index in [1.165, 1.54) is 6.33 Å². The predicted octanol–water partition coefficient (Wildman–Crippen LogP) is 2.12. The number of rotatable bonds is 4. The van der Waals surface area contributed by atoms with Gasteiger partial charge in [0.25, 0.3) is 11.8 Å². The molecular formula is C31H33N9O5. The van der Waals surface area contributed by atoms with Crippen LogP contribution in [0.2, 0.25) is 0 Å². The topological polar surface area (TPSA) is 188 Å². The molecule has 0 spiro atoms. The van der Waals surface area contributed by atoms with Crippen molar-refractivity contribution in [3.63, 3.8) is 0 Å². The lowest BCUT2D eigenvalue weighted by Gasteiger charge is -2.24. The summed E-state index contributed by atoms with van der Waals surface area (Å²) < 4.78 is 7.34. The average molecular weight is 612 g/mol. The molecule has 4 amide bonds. The number of carbonyl (C=O) groups is 4. The van der Waals surface area contributed by atoms with Crippen molar-refractivity contribution in [3.8, 4) is 0 Å². The van der Waals surface area contributed by atoms with Crippen molar-refractivity contribution in [2.45, 2.75) is 57.7 Å². The van der Waals surface area contributed by atoms with Crippen molar-refractivity contribution in [1.29, 1.82) is 0 Å². The lowest BCUT2D eigenvalue weighted by molar-refractivity contribution is -0.130. The van der Waals surface area contributed by atoms with Crippen LogP contribution in [-0.2, 0) is 16.0 Å². The molecule has 6 rings (SSSR count). The van der Waals surface area contributed by atoms with Gasteiger partial charge in [-0.25, -0.2) is 4.98 Å². The Morgan fingerprint density at radius 3 is 2.80 bits per heavy atom. The van der Waals surface area contributed by atoms with Gasteiger partial charge in [0.1, 0.15) is 30.2 Å². The van der Waals surface area contributed by atoms with Gasteiger partial charge in [0.2, 0.25) is 17.7 Å². The Morgan fingerprint density at radius 1 is 1.09 bits per heavy atom. The van der Waals surface area contributed by atoms with Gasteiger partial charge >= 0.3 is 0 Å². The molecule has 45 heavy (non-hydrogen) atoms. The van der Waals surface area contributed by atoms with E-state index in [1.54, 1.807) is 36.6 Å². The first-order valence-corrected chi connectivity index (χ1v) is 14.8. The first kappa shape index (κ1) is 29.5. The maximum atomic E-state index is 13.9. The largest absolute Gasteiger partial charge is 0.443 e. The van der Waals surface area contributed by atoms with Crippen molar-refractivity contribution in [2.75, 3.05) is 6.54 Å². The summed E-state index contributed by atoms with van der Waals surface area (Å²) in [4.78, 5) is 61.4. The molecule has 0 radical (unpaired) electrons. The molecule has 0 unspecified atom stereocenters. The zero-order valence-corrected chi connectivity index (χ0v) is 24.8. The van der Waals surface area contributed by atoms with Gasteiger partial charge in [-0.15, -0.1) is 10.2 Å². The maximum Gasteiger partial charge on any atom is 0.273 e. The highest BCUT2D eigenvalue weighted by Gasteiger charge is 2.30. The molecule has 0 fully saturated rings. The van der Waals surface area contributed by atoms with Crippen LogP contribution in [0.4, 0.5) is 0 Å². The summed E-state index contributed by atoms with van der Waals surface area (Å²) in [6.07, 6.45) is 6.47. The Hall–Kier alpha value is -5.53. The van der Waals surface area contributed by atoms with Crippen LogP contribution < -0.4 is 21.3 Å². The minimum Gasteiger partial charge on any atom is -0.443 e. The number of carbonyl (C=O) groups excluding carboxylic acids is 4. The van der Waals surface area contributed by atoms with Crippen LogP contribution in [0.1, 0.15) is 70.3 Å². The molecule has 1 aliphatic heterocycles. The van der Waals surface area contributed by atoms with Crippen LogP contribution in [0.5, 0.6) is 0 Å². The van der Waals surface area contributed by atoms with E-state index in [-0.39, 0.29) is 30.0 Å². The fourth-order valence-corrected chi connectivity index (χ4v) is 5.48. The van der Waals surface area contributed by atoms with Crippen molar-refractivity contribution >= 4 is 40.2 Å². The molecule has 0 saturated heterocycles. The molecule has 14 nitrogen and oxygen atoms in total. The Labute approximate surface area is 257 Å². The summed E-state index contributed by atoms with van der Waals surface area (Å²) in [6.45, 7) is 3.66. The summed E-state index contributed by atoms with van der Waals surface area (Å²) in [6, 6.07) is 8.28. The summed E-state index contributed by atoms with van der Waals surface area (Å²) in [5, 5.41) is 20.2. The summed E-state index contributed by atoms with van der Waals surface area (Å²) in [5.41, 5.74) is 2.48. The number of para-hydroxylation sites is 1. The molecule has 14 heteroatoms. The molecule has 0 saturated carbocycles. The number of pyridine rings is 1. The lowest BCUT2D eigenvalue weighted by Crippen LogP contribution is -2.54. The number of aryl methyl sites for hydroxylation is 1. The zero-order chi connectivity index (χ0) is 31.5. The Balaban J connectivity index is 1.30. The number of oxazole rings is 1. The van der Waals surface area contributed by atoms with Crippen molar-refractivity contribution in [2.24, 2.45) is 0 Å². The first-order chi connectivity index (χ1) is 21.8. The quantitative estimate of drug-likeness (QED) is 0.204. The second-order valence-corrected chi connectivity index (χ2v) is 11.1. The molecule has 1 aromatic carbocycles. The number of hydrogen-bond acceptors (Lipinski definition) is 8. The van der Waals surface area contributed by atoms with Crippen LogP contribution in [0.15, 0.2) is 59.5 Å². The van der Waals surface area contributed by atoms with E-state index in [0.29, 0.717) is 30.8 Å². The highest BCUT2D eigenvalue weighted by atomic mass is 16.4. The minimum atomic E-state index is -1.01. The third-order valence-electron chi connectivity index (χ3n) is 7.88. The maximum absolute atomic E-state index is 13.9. The summed E-state index contributed by atoms with van der Waals surface area (Å²) in [5.74, 6) is -1.39. The smallest absolute Gasteiger partial charge is 0.273 e. The third kappa shape index (κ3) is 6.25. The molecule has 1 aliphatic rings. The van der Waals surface area contributed by atoms with Crippen LogP contribution in [0.3, 0.4) is 0 Å². The van der Waals surface area contributed by atoms with E-state index in [1.807, 2.05) is 30.5 Å². The Kier molecular flexibility index (Phi) is 8.27. The fourth-order valence-electron chi connectivity index (χ4n) is 5.48. The molecule has 4 aromatic heterocycles. The molecule has 232 valence electrons. The number of fused-ring (bicyclic) bond motifs is 4. The lowest BCUT2D eigenvalue weighted by atomic mass is 10.0. The van der Waals surface area contributed by atoms with Crippen molar-refractivity contribution < 1.29 is 23.6 Å². The highest BCUT2D eigenvalue weighted by Crippen LogP contribution is 2.21. The molecular weight excluding hydrogens is 578 g/mol. The van der Waals surface area contributed by atoms with Gasteiger partial charge < -0.3 is 30.7 Å². The van der Waals surface area contributed by atoms with Gasteiger partial charge in [-0.3, -0.25) is 23.6 Å². The van der Waals surface area contributed by atoms with Crippen LogP contribution in [-0.4, -0.2) is 66.8 Å². The van der Waals surface area contributed by atoms with Gasteiger partial charge in [-0.1, -0.05) is 18.2 Å². The number of amides is 4. The van der Waals surface area contributed by atoms with Crippen molar-refractivity contribution in [1.82, 2.24) is 45.8 Å². The molecule has 3 atom stereocenters. The van der Waals surface area contributed by atoms with E-state index in [4.69, 9.17) is 4.42 Å². The van der Waals surface area contributed by atoms with Crippen LogP contribution in [0.25, 0.3) is 16.6 Å². The summed E-state index contributed by atoms with van der Waals surface area (Å²) >= 11 is 0. The standard InChI is InChI=1S/C31H33N9O5/c1-17-31-38-25(18(2)45-31)30(44)32-12-6-5-11-23(36-27(41)21-9-7-13-40-16-34-39-26(21)40)28(42)37-24(29(43)35-17)14-19-15-33-22-10-4-3-8-20(19)22/h3-4,7-10,13,15-17,23-24,33H,5-6,11-12,14H2,1-2H3,(H,32,44)(H,35,43)(H,36,41)(H,37,42)/t17-,23+,24-/m1/s1. The highest BCUT2D eigenvalue weighted by molar-refractivity contribution is 6.02. The predicted molar refractivity (Wildman–Crippen MR) is 162 cm³/mol. The second kappa shape index (κ2) is 12.6. The first-order valence-electron chi connectivity index (χ1n) is 14.8. The fraction of sp³-hybridized carbons (Fsp3) is 0.323. The van der Waals surface area contributed by atoms with Gasteiger partial charge in [-0.2, -0.15) is 0 Å². The Bertz CT molecular complexity index is 1890. The van der Waals surface area contributed by atoms with E-state index in [0.717, 1.165) is 16.5 Å². The number of hydrogen-bond donors (Lipinski definition) is 5. The SMILES string of the molecule is Cc1oc2nc1C(=O)NCCCC[C@H](NC(=O)c1cccn3cnnc13)C(=O)N[C@H](Cc1c[nH]c3ccccc13)C(=O)N[C@@H]2C. The monoisotopic (exact) mass is 611 g/mol. The van der Waals surface area contributed by atoms with Crippen LogP contribution >= 0.6 is 0 Å². The number of aromatic amines is 1. The van der Waals surface area contributed by atoms with E-state index < -0.39 is 41.8 Å². The van der Waals surface area contributed by atoms with E-state index in [9.17, 15) is 19.2 Å². The number of nitrogens with zero attached hydrogens (tertiary/aromatic N) is 4. The third-order valence-corrected chi connectivity index (χ3v) is 7.88. The zero-order valence-electron chi connectivity index (χ0n) is 24.8. The molecule has 0 aliphatic carbocycles. The van der Waals surface area contributed by atoms with Gasteiger partial charge in [0, 0.05) is 36.3 Å². The normalized spacial score (nSPS) is 20.0. The van der Waals surface area contributed by atoms with Crippen LogP contribution in [0, 0.1) is 6.92 Å². The number of nitrogens with one attached hydrogen (secondary N) is 5. The van der Waals surface area contributed by atoms with Crippen molar-refractivity contribution in [3.05, 3.63) is 83.6 Å². The molecule has 5 aromatic rings. The molecule has 5 heterocycles. The van der Waals surface area contributed by atoms with Gasteiger partial charge in [-0.05, 0) is 56.9 Å². The molecule has 5 N–H and O–H groups in total. The number of benzene rings is 1. The number of H-pyrrole nitrogens is 1.